The maximum Gasteiger partial charge on any atom is 0.251 e. The van der Waals surface area contributed by atoms with Gasteiger partial charge in [-0.1, -0.05) is 0 Å². The third kappa shape index (κ3) is 2.84. The van der Waals surface area contributed by atoms with Crippen molar-refractivity contribution < 1.29 is 4.79 Å². The van der Waals surface area contributed by atoms with Crippen molar-refractivity contribution in [1.82, 2.24) is 14.9 Å². The van der Waals surface area contributed by atoms with Gasteiger partial charge in [0.15, 0.2) is 0 Å². The first-order valence-electron chi connectivity index (χ1n) is 7.00. The number of hydrogen-bond acceptors (Lipinski definition) is 2. The van der Waals surface area contributed by atoms with Crippen LogP contribution < -0.4 is 5.32 Å². The molecular formula is C16H23N3O. The van der Waals surface area contributed by atoms with E-state index in [4.69, 9.17) is 0 Å². The molecule has 0 atom stereocenters. The summed E-state index contributed by atoms with van der Waals surface area (Å²) in [5.41, 5.74) is 2.36. The zero-order valence-corrected chi connectivity index (χ0v) is 13.1. The lowest BCUT2D eigenvalue weighted by molar-refractivity contribution is 0.0919. The van der Waals surface area contributed by atoms with E-state index in [1.165, 1.54) is 0 Å². The van der Waals surface area contributed by atoms with Crippen molar-refractivity contribution >= 4 is 16.9 Å². The number of rotatable bonds is 2. The van der Waals surface area contributed by atoms with Crippen molar-refractivity contribution in [1.29, 1.82) is 0 Å². The Morgan fingerprint density at radius 1 is 1.30 bits per heavy atom. The average Bonchev–Trinajstić information content (AvgIpc) is 2.61. The van der Waals surface area contributed by atoms with E-state index >= 15 is 0 Å². The quantitative estimate of drug-likeness (QED) is 0.911. The number of amides is 1. The normalized spacial score (nSPS) is 12.2. The molecule has 0 aliphatic heterocycles. The number of nitrogens with zero attached hydrogens (tertiary/aromatic N) is 2. The molecule has 0 bridgehead atoms. The van der Waals surface area contributed by atoms with E-state index in [9.17, 15) is 4.79 Å². The Kier molecular flexibility index (Phi) is 3.59. The summed E-state index contributed by atoms with van der Waals surface area (Å²) >= 11 is 0. The second kappa shape index (κ2) is 4.93. The molecule has 108 valence electrons. The molecule has 1 aromatic heterocycles. The number of benzene rings is 1. The van der Waals surface area contributed by atoms with Crippen molar-refractivity contribution in [2.24, 2.45) is 0 Å². The van der Waals surface area contributed by atoms with Gasteiger partial charge in [0.1, 0.15) is 5.82 Å². The SMILES string of the molecule is Cc1nc2cc(C(=O)NC(C)(C)C)ccc2n1C(C)C. The predicted octanol–water partition coefficient (Wildman–Crippen LogP) is 3.45. The molecule has 0 aliphatic rings. The van der Waals surface area contributed by atoms with Crippen molar-refractivity contribution in [3.8, 4) is 0 Å². The molecule has 1 aromatic carbocycles. The molecule has 4 nitrogen and oxygen atoms in total. The van der Waals surface area contributed by atoms with E-state index in [1.807, 2.05) is 45.9 Å². The zero-order valence-electron chi connectivity index (χ0n) is 13.1. The van der Waals surface area contributed by atoms with E-state index < -0.39 is 0 Å². The van der Waals surface area contributed by atoms with Crippen molar-refractivity contribution in [2.45, 2.75) is 53.1 Å². The lowest BCUT2D eigenvalue weighted by Crippen LogP contribution is -2.40. The van der Waals surface area contributed by atoms with Gasteiger partial charge in [-0.05, 0) is 59.7 Å². The number of imidazole rings is 1. The second-order valence-electron chi connectivity index (χ2n) is 6.53. The molecule has 1 amide bonds. The number of fused-ring (bicyclic) bond motifs is 1. The van der Waals surface area contributed by atoms with Crippen LogP contribution in [-0.4, -0.2) is 21.0 Å². The van der Waals surface area contributed by atoms with Crippen molar-refractivity contribution in [3.63, 3.8) is 0 Å². The maximum absolute atomic E-state index is 12.2. The standard InChI is InChI=1S/C16H23N3O/c1-10(2)19-11(3)17-13-9-12(7-8-14(13)19)15(20)18-16(4,5)6/h7-10H,1-6H3,(H,18,20). The predicted molar refractivity (Wildman–Crippen MR) is 82.1 cm³/mol. The Hall–Kier alpha value is -1.84. The highest BCUT2D eigenvalue weighted by Gasteiger charge is 2.17. The van der Waals surface area contributed by atoms with Gasteiger partial charge in [-0.25, -0.2) is 4.98 Å². The van der Waals surface area contributed by atoms with Crippen molar-refractivity contribution in [3.05, 3.63) is 29.6 Å². The van der Waals surface area contributed by atoms with Gasteiger partial charge in [0.05, 0.1) is 11.0 Å². The number of carbonyl (C=O) groups excluding carboxylic acids is 1. The van der Waals surface area contributed by atoms with Crippen molar-refractivity contribution in [2.75, 3.05) is 0 Å². The Bertz CT molecular complexity index is 648. The van der Waals surface area contributed by atoms with Crippen LogP contribution in [0.1, 0.15) is 56.8 Å². The maximum atomic E-state index is 12.2. The molecule has 4 heteroatoms. The van der Waals surface area contributed by atoms with Crippen LogP contribution in [-0.2, 0) is 0 Å². The third-order valence-electron chi connectivity index (χ3n) is 3.13. The molecule has 0 saturated heterocycles. The lowest BCUT2D eigenvalue weighted by Gasteiger charge is -2.20. The largest absolute Gasteiger partial charge is 0.347 e. The number of aromatic nitrogens is 2. The topological polar surface area (TPSA) is 46.9 Å². The van der Waals surface area contributed by atoms with Gasteiger partial charge >= 0.3 is 0 Å². The van der Waals surface area contributed by atoms with Gasteiger partial charge in [-0.3, -0.25) is 4.79 Å². The first kappa shape index (κ1) is 14.6. The Balaban J connectivity index is 2.43. The Labute approximate surface area is 120 Å². The molecule has 2 rings (SSSR count). The molecule has 0 saturated carbocycles. The van der Waals surface area contributed by atoms with Crippen LogP contribution >= 0.6 is 0 Å². The van der Waals surface area contributed by atoms with Gasteiger partial charge in [0.25, 0.3) is 5.91 Å². The smallest absolute Gasteiger partial charge is 0.251 e. The van der Waals surface area contributed by atoms with Crippen LogP contribution in [0.5, 0.6) is 0 Å². The average molecular weight is 273 g/mol. The summed E-state index contributed by atoms with van der Waals surface area (Å²) in [4.78, 5) is 16.7. The molecule has 2 aromatic rings. The van der Waals surface area contributed by atoms with E-state index in [1.54, 1.807) is 0 Å². The molecule has 0 spiro atoms. The summed E-state index contributed by atoms with van der Waals surface area (Å²) in [7, 11) is 0. The van der Waals surface area contributed by atoms with Gasteiger partial charge in [0, 0.05) is 17.1 Å². The van der Waals surface area contributed by atoms with E-state index in [0.29, 0.717) is 11.6 Å². The number of carbonyl (C=O) groups is 1. The van der Waals surface area contributed by atoms with Gasteiger partial charge in [-0.2, -0.15) is 0 Å². The first-order chi connectivity index (χ1) is 9.19. The molecule has 0 unspecified atom stereocenters. The minimum atomic E-state index is -0.237. The van der Waals surface area contributed by atoms with Gasteiger partial charge < -0.3 is 9.88 Å². The Morgan fingerprint density at radius 2 is 1.95 bits per heavy atom. The zero-order chi connectivity index (χ0) is 15.1. The molecule has 1 N–H and O–H groups in total. The van der Waals surface area contributed by atoms with E-state index in [0.717, 1.165) is 16.9 Å². The highest BCUT2D eigenvalue weighted by Crippen LogP contribution is 2.22. The van der Waals surface area contributed by atoms with E-state index in [-0.39, 0.29) is 11.4 Å². The summed E-state index contributed by atoms with van der Waals surface area (Å²) in [6.07, 6.45) is 0. The van der Waals surface area contributed by atoms with Crippen LogP contribution in [0.3, 0.4) is 0 Å². The molecule has 0 fully saturated rings. The van der Waals surface area contributed by atoms with Crippen LogP contribution in [0.2, 0.25) is 0 Å². The molecule has 0 radical (unpaired) electrons. The fourth-order valence-electron chi connectivity index (χ4n) is 2.43. The van der Waals surface area contributed by atoms with Crippen LogP contribution in [0.4, 0.5) is 0 Å². The van der Waals surface area contributed by atoms with Crippen LogP contribution in [0.15, 0.2) is 18.2 Å². The third-order valence-corrected chi connectivity index (χ3v) is 3.13. The Morgan fingerprint density at radius 3 is 2.50 bits per heavy atom. The monoisotopic (exact) mass is 273 g/mol. The van der Waals surface area contributed by atoms with Gasteiger partial charge in [0.2, 0.25) is 0 Å². The minimum Gasteiger partial charge on any atom is -0.347 e. The number of hydrogen-bond donors (Lipinski definition) is 1. The summed E-state index contributed by atoms with van der Waals surface area (Å²) in [6, 6.07) is 6.06. The fourth-order valence-corrected chi connectivity index (χ4v) is 2.43. The summed E-state index contributed by atoms with van der Waals surface area (Å²) in [6.45, 7) is 12.2. The summed E-state index contributed by atoms with van der Waals surface area (Å²) < 4.78 is 2.18. The highest BCUT2D eigenvalue weighted by molar-refractivity contribution is 5.97. The van der Waals surface area contributed by atoms with Gasteiger partial charge in [-0.15, -0.1) is 0 Å². The van der Waals surface area contributed by atoms with E-state index in [2.05, 4.69) is 28.7 Å². The summed E-state index contributed by atoms with van der Waals surface area (Å²) in [5, 5.41) is 2.97. The second-order valence-corrected chi connectivity index (χ2v) is 6.53. The summed E-state index contributed by atoms with van der Waals surface area (Å²) in [5.74, 6) is 0.916. The number of aryl methyl sites for hydroxylation is 1. The molecule has 1 heterocycles. The molecule has 0 aliphatic carbocycles. The lowest BCUT2D eigenvalue weighted by atomic mass is 10.1. The van der Waals surface area contributed by atoms with Crippen LogP contribution in [0.25, 0.3) is 11.0 Å². The highest BCUT2D eigenvalue weighted by atomic mass is 16.1. The molecular weight excluding hydrogens is 250 g/mol. The molecule has 20 heavy (non-hydrogen) atoms. The first-order valence-corrected chi connectivity index (χ1v) is 7.00. The minimum absolute atomic E-state index is 0.0591. The fraction of sp³-hybridized carbons (Fsp3) is 0.500. The number of nitrogens with one attached hydrogen (secondary N) is 1. The van der Waals surface area contributed by atoms with Crippen LogP contribution in [0, 0.1) is 6.92 Å².